The number of allylic oxidation sites excluding steroid dienone is 1. The second kappa shape index (κ2) is 10.5. The molecule has 2 aromatic rings. The third-order valence-electron chi connectivity index (χ3n) is 5.40. The summed E-state index contributed by atoms with van der Waals surface area (Å²) >= 11 is 2.43. The van der Waals surface area contributed by atoms with Gasteiger partial charge < -0.3 is 0 Å². The Morgan fingerprint density at radius 2 is 1.79 bits per heavy atom. The number of benzene rings is 2. The molecular formula is C24H24N2O6Se. The third kappa shape index (κ3) is 4.69. The van der Waals surface area contributed by atoms with E-state index in [0.29, 0.717) is 22.4 Å². The molecule has 9 heteroatoms. The molecule has 1 aliphatic heterocycles. The van der Waals surface area contributed by atoms with Crippen LogP contribution in [0.25, 0.3) is 5.70 Å². The fourth-order valence-electron chi connectivity index (χ4n) is 3.98. The summed E-state index contributed by atoms with van der Waals surface area (Å²) in [5.74, 6) is -2.14. The van der Waals surface area contributed by atoms with Crippen LogP contribution in [0.5, 0.6) is 0 Å². The Morgan fingerprint density at radius 1 is 1.09 bits per heavy atom. The van der Waals surface area contributed by atoms with Gasteiger partial charge in [-0.05, 0) is 0 Å². The molecule has 0 aliphatic carbocycles. The van der Waals surface area contributed by atoms with Crippen LogP contribution in [0.4, 0.5) is 5.69 Å². The van der Waals surface area contributed by atoms with Gasteiger partial charge in [0.15, 0.2) is 0 Å². The Balaban J connectivity index is 2.43. The fourth-order valence-corrected chi connectivity index (χ4v) is 4.72. The summed E-state index contributed by atoms with van der Waals surface area (Å²) in [6.07, 6.45) is 0. The molecule has 0 amide bonds. The first-order valence-electron chi connectivity index (χ1n) is 10.2. The second-order valence-electron chi connectivity index (χ2n) is 7.19. The van der Waals surface area contributed by atoms with Crippen molar-refractivity contribution in [3.8, 4) is 0 Å². The van der Waals surface area contributed by atoms with Gasteiger partial charge in [0.05, 0.1) is 0 Å². The van der Waals surface area contributed by atoms with E-state index in [1.54, 1.807) is 19.9 Å². The molecule has 2 aromatic carbocycles. The summed E-state index contributed by atoms with van der Waals surface area (Å²) in [4.78, 5) is 39.2. The number of rotatable bonds is 7. The Morgan fingerprint density at radius 3 is 2.36 bits per heavy atom. The molecule has 0 N–H and O–H groups in total. The van der Waals surface area contributed by atoms with Gasteiger partial charge in [0.25, 0.3) is 0 Å². The molecule has 0 saturated carbocycles. The van der Waals surface area contributed by atoms with Gasteiger partial charge in [0, 0.05) is 0 Å². The number of hydrogen-bond acceptors (Lipinski definition) is 7. The van der Waals surface area contributed by atoms with E-state index in [4.69, 9.17) is 9.47 Å². The molecule has 1 unspecified atom stereocenters. The van der Waals surface area contributed by atoms with Gasteiger partial charge in [-0.1, -0.05) is 0 Å². The van der Waals surface area contributed by atoms with Gasteiger partial charge >= 0.3 is 200 Å². The minimum atomic E-state index is -0.915. The number of non-ortho nitro benzene ring substituents is 1. The monoisotopic (exact) mass is 516 g/mol. The molecule has 1 aliphatic rings. The van der Waals surface area contributed by atoms with Crippen LogP contribution in [0.3, 0.4) is 0 Å². The van der Waals surface area contributed by atoms with Gasteiger partial charge in [-0.15, -0.1) is 0 Å². The molecule has 0 aromatic heterocycles. The zero-order chi connectivity index (χ0) is 24.1. The quantitative estimate of drug-likeness (QED) is 0.242. The van der Waals surface area contributed by atoms with Crippen molar-refractivity contribution in [3.05, 3.63) is 92.7 Å². The Bertz CT molecular complexity index is 1140. The maximum atomic E-state index is 13.4. The van der Waals surface area contributed by atoms with Gasteiger partial charge in [-0.25, -0.2) is 0 Å². The van der Waals surface area contributed by atoms with Crippen molar-refractivity contribution in [3.63, 3.8) is 0 Å². The summed E-state index contributed by atoms with van der Waals surface area (Å²) < 4.78 is 10.5. The normalized spacial score (nSPS) is 16.0. The summed E-state index contributed by atoms with van der Waals surface area (Å²) in [6, 6.07) is 15.2. The number of carbonyl (C=O) groups is 2. The Kier molecular flexibility index (Phi) is 7.68. The van der Waals surface area contributed by atoms with E-state index < -0.39 is 22.8 Å². The number of nitrogens with zero attached hydrogens (tertiary/aromatic N) is 2. The van der Waals surface area contributed by atoms with E-state index in [9.17, 15) is 19.7 Å². The van der Waals surface area contributed by atoms with Crippen LogP contribution in [0.2, 0.25) is 0 Å². The summed E-state index contributed by atoms with van der Waals surface area (Å²) in [7, 11) is 1.26. The number of nitro benzene ring substituents is 1. The number of hydrogen-bond donors (Lipinski definition) is 0. The van der Waals surface area contributed by atoms with Crippen LogP contribution < -0.4 is 0 Å². The Labute approximate surface area is 199 Å². The van der Waals surface area contributed by atoms with Crippen molar-refractivity contribution < 1.29 is 24.0 Å². The molecule has 172 valence electrons. The molecule has 0 bridgehead atoms. The van der Waals surface area contributed by atoms with Crippen LogP contribution >= 0.6 is 0 Å². The van der Waals surface area contributed by atoms with Crippen LogP contribution in [0, 0.1) is 10.1 Å². The SMILES string of the molecule is CCOC(=O)C1=C(c2ccccc2)N(C[SeH])C(C)=C(C(=O)OC)C1c1cccc([N+](=O)[O-])c1. The number of ether oxygens (including phenoxy) is 2. The van der Waals surface area contributed by atoms with E-state index in [2.05, 4.69) is 16.0 Å². The standard InChI is InChI=1S/C24H24N2O6Se/c1-4-32-24(28)21-20(17-11-8-12-18(13-17)26(29)30)19(23(27)31-3)15(2)25(14-33)22(21)16-9-6-5-7-10-16/h5-13,20,33H,4,14H2,1-3H3. The van der Waals surface area contributed by atoms with E-state index in [0.717, 1.165) is 5.56 Å². The van der Waals surface area contributed by atoms with E-state index in [1.165, 1.54) is 25.3 Å². The number of carbonyl (C=O) groups excluding carboxylic acids is 2. The fraction of sp³-hybridized carbons (Fsp3) is 0.250. The Hall–Kier alpha value is -3.42. The number of nitro groups is 1. The molecule has 33 heavy (non-hydrogen) atoms. The van der Waals surface area contributed by atoms with Gasteiger partial charge in [0.1, 0.15) is 0 Å². The van der Waals surface area contributed by atoms with E-state index >= 15 is 0 Å². The first-order chi connectivity index (χ1) is 15.8. The van der Waals surface area contributed by atoms with Crippen molar-refractivity contribution in [2.75, 3.05) is 19.2 Å². The van der Waals surface area contributed by atoms with Crippen molar-refractivity contribution in [1.82, 2.24) is 4.90 Å². The first-order valence-corrected chi connectivity index (χ1v) is 11.6. The molecule has 0 saturated heterocycles. The summed E-state index contributed by atoms with van der Waals surface area (Å²) in [6.45, 7) is 3.60. The topological polar surface area (TPSA) is 99.0 Å². The van der Waals surface area contributed by atoms with Gasteiger partial charge in [-0.3, -0.25) is 0 Å². The number of esters is 2. The van der Waals surface area contributed by atoms with Crippen molar-refractivity contribution in [1.29, 1.82) is 0 Å². The minimum absolute atomic E-state index is 0.129. The van der Waals surface area contributed by atoms with Gasteiger partial charge in [0.2, 0.25) is 0 Å². The molecule has 1 atom stereocenters. The van der Waals surface area contributed by atoms with Crippen molar-refractivity contribution in [2.45, 2.75) is 19.8 Å². The van der Waals surface area contributed by atoms with Gasteiger partial charge in [-0.2, -0.15) is 0 Å². The molecule has 8 nitrogen and oxygen atoms in total. The van der Waals surface area contributed by atoms with E-state index in [-0.39, 0.29) is 23.4 Å². The van der Waals surface area contributed by atoms with Crippen molar-refractivity contribution >= 4 is 39.3 Å². The number of methoxy groups -OCH3 is 1. The van der Waals surface area contributed by atoms with Crippen LogP contribution in [-0.2, 0) is 19.1 Å². The maximum absolute atomic E-state index is 13.4. The van der Waals surface area contributed by atoms with Crippen LogP contribution in [0.1, 0.15) is 30.9 Å². The molecule has 1 heterocycles. The third-order valence-corrected chi connectivity index (χ3v) is 5.99. The molecule has 3 rings (SSSR count). The zero-order valence-electron chi connectivity index (χ0n) is 18.5. The molecular weight excluding hydrogens is 491 g/mol. The second-order valence-corrected chi connectivity index (χ2v) is 7.79. The van der Waals surface area contributed by atoms with E-state index in [1.807, 2.05) is 35.2 Å². The average Bonchev–Trinajstić information content (AvgIpc) is 2.83. The van der Waals surface area contributed by atoms with Crippen LogP contribution in [-0.4, -0.2) is 56.9 Å². The first kappa shape index (κ1) is 24.2. The average molecular weight is 515 g/mol. The summed E-state index contributed by atoms with van der Waals surface area (Å²) in [5.41, 5.74) is 3.06. The van der Waals surface area contributed by atoms with Crippen molar-refractivity contribution in [2.24, 2.45) is 0 Å². The predicted octanol–water partition coefficient (Wildman–Crippen LogP) is 3.27. The summed E-state index contributed by atoms with van der Waals surface area (Å²) in [5, 5.41) is 11.5. The predicted molar refractivity (Wildman–Crippen MR) is 124 cm³/mol. The molecule has 0 radical (unpaired) electrons. The molecule has 0 spiro atoms. The van der Waals surface area contributed by atoms with Crippen LogP contribution in [0.15, 0.2) is 71.4 Å². The zero-order valence-corrected chi connectivity index (χ0v) is 20.4. The molecule has 0 fully saturated rings.